The van der Waals surface area contributed by atoms with Gasteiger partial charge in [-0.1, -0.05) is 54.6 Å². The van der Waals surface area contributed by atoms with Gasteiger partial charge in [-0.25, -0.2) is 8.42 Å². The molecule has 2 amide bonds. The Bertz CT molecular complexity index is 1580. The monoisotopic (exact) mass is 545 g/mol. The summed E-state index contributed by atoms with van der Waals surface area (Å²) in [6.45, 7) is 0.131. The van der Waals surface area contributed by atoms with E-state index < -0.39 is 21.8 Å². The van der Waals surface area contributed by atoms with Crippen molar-refractivity contribution < 1.29 is 18.0 Å². The number of benzene rings is 3. The lowest BCUT2D eigenvalue weighted by Gasteiger charge is -2.25. The molecule has 1 aromatic heterocycles. The van der Waals surface area contributed by atoms with Crippen molar-refractivity contribution in [2.45, 2.75) is 37.1 Å². The first kappa shape index (κ1) is 25.7. The van der Waals surface area contributed by atoms with Crippen LogP contribution in [0.1, 0.15) is 49.6 Å². The quantitative estimate of drug-likeness (QED) is 0.310. The van der Waals surface area contributed by atoms with Gasteiger partial charge < -0.3 is 11.1 Å². The second kappa shape index (κ2) is 10.8. The van der Waals surface area contributed by atoms with Crippen LogP contribution in [0.2, 0.25) is 0 Å². The SMILES string of the molecule is NC(=O)c1c(NC(=O)c2cccc(S(=O)(=O)N(Cc3ccccc3)c3ccccc3)c2)sc2c1CCCC2. The van der Waals surface area contributed by atoms with Crippen LogP contribution >= 0.6 is 11.3 Å². The fourth-order valence-electron chi connectivity index (χ4n) is 4.67. The summed E-state index contributed by atoms with van der Waals surface area (Å²) in [4.78, 5) is 26.5. The summed E-state index contributed by atoms with van der Waals surface area (Å²) >= 11 is 1.37. The lowest BCUT2D eigenvalue weighted by molar-refractivity contribution is 0.100. The molecule has 4 aromatic rings. The molecule has 3 N–H and O–H groups in total. The van der Waals surface area contributed by atoms with Crippen molar-refractivity contribution in [1.82, 2.24) is 0 Å². The van der Waals surface area contributed by atoms with E-state index in [0.29, 0.717) is 16.3 Å². The number of hydrogen-bond donors (Lipinski definition) is 2. The molecule has 0 saturated heterocycles. The summed E-state index contributed by atoms with van der Waals surface area (Å²) < 4.78 is 29.1. The van der Waals surface area contributed by atoms with Crippen LogP contribution in [-0.2, 0) is 29.4 Å². The molecule has 3 aromatic carbocycles. The molecule has 194 valence electrons. The second-order valence-corrected chi connectivity index (χ2v) is 12.1. The third-order valence-corrected chi connectivity index (χ3v) is 9.52. The first-order chi connectivity index (χ1) is 18.3. The van der Waals surface area contributed by atoms with Crippen molar-refractivity contribution in [3.05, 3.63) is 112 Å². The highest BCUT2D eigenvalue weighted by Gasteiger charge is 2.28. The molecule has 0 bridgehead atoms. The summed E-state index contributed by atoms with van der Waals surface area (Å²) in [5.41, 5.74) is 8.45. The Morgan fingerprint density at radius 3 is 2.29 bits per heavy atom. The molecule has 1 aliphatic carbocycles. The zero-order chi connectivity index (χ0) is 26.7. The van der Waals surface area contributed by atoms with Crippen molar-refractivity contribution in [2.24, 2.45) is 5.73 Å². The predicted molar refractivity (Wildman–Crippen MR) is 150 cm³/mol. The van der Waals surface area contributed by atoms with Crippen LogP contribution in [0.15, 0.2) is 89.8 Å². The molecule has 0 radical (unpaired) electrons. The lowest BCUT2D eigenvalue weighted by Crippen LogP contribution is -2.30. The number of nitrogens with two attached hydrogens (primary N) is 1. The fraction of sp³-hybridized carbons (Fsp3) is 0.172. The maximum absolute atomic E-state index is 13.9. The van der Waals surface area contributed by atoms with Gasteiger partial charge in [-0.3, -0.25) is 13.9 Å². The van der Waals surface area contributed by atoms with Crippen LogP contribution in [0.5, 0.6) is 0 Å². The molecule has 0 spiro atoms. The molecule has 1 aliphatic rings. The smallest absolute Gasteiger partial charge is 0.264 e. The van der Waals surface area contributed by atoms with Gasteiger partial charge in [0.1, 0.15) is 5.00 Å². The fourth-order valence-corrected chi connectivity index (χ4v) is 7.46. The number of amides is 2. The number of thiophene rings is 1. The number of primary amides is 1. The van der Waals surface area contributed by atoms with Gasteiger partial charge in [-0.15, -0.1) is 11.3 Å². The molecule has 0 fully saturated rings. The number of carbonyl (C=O) groups is 2. The third-order valence-electron chi connectivity index (χ3n) is 6.54. The topological polar surface area (TPSA) is 110 Å². The molecule has 0 atom stereocenters. The molecular formula is C29H27N3O4S2. The number of para-hydroxylation sites is 1. The van der Waals surface area contributed by atoms with E-state index in [2.05, 4.69) is 5.32 Å². The zero-order valence-electron chi connectivity index (χ0n) is 20.6. The minimum atomic E-state index is -4.02. The van der Waals surface area contributed by atoms with Gasteiger partial charge in [0.15, 0.2) is 0 Å². The Morgan fingerprint density at radius 2 is 1.58 bits per heavy atom. The van der Waals surface area contributed by atoms with Crippen LogP contribution in [0, 0.1) is 0 Å². The Balaban J connectivity index is 1.47. The van der Waals surface area contributed by atoms with Crippen molar-refractivity contribution in [3.63, 3.8) is 0 Å². The molecule has 38 heavy (non-hydrogen) atoms. The Labute approximate surface area is 226 Å². The van der Waals surface area contributed by atoms with Crippen molar-refractivity contribution >= 4 is 43.9 Å². The van der Waals surface area contributed by atoms with Gasteiger partial charge in [0.25, 0.3) is 21.8 Å². The maximum Gasteiger partial charge on any atom is 0.264 e. The van der Waals surface area contributed by atoms with E-state index in [4.69, 9.17) is 5.73 Å². The average Bonchev–Trinajstić information content (AvgIpc) is 3.31. The summed E-state index contributed by atoms with van der Waals surface area (Å²) in [5, 5.41) is 3.23. The van der Waals surface area contributed by atoms with E-state index in [9.17, 15) is 18.0 Å². The normalized spacial score (nSPS) is 12.9. The summed E-state index contributed by atoms with van der Waals surface area (Å²) in [7, 11) is -4.02. The van der Waals surface area contributed by atoms with Gasteiger partial charge >= 0.3 is 0 Å². The molecule has 7 nitrogen and oxygen atoms in total. The molecule has 0 aliphatic heterocycles. The van der Waals surface area contributed by atoms with Crippen molar-refractivity contribution in [3.8, 4) is 0 Å². The van der Waals surface area contributed by atoms with E-state index in [-0.39, 0.29) is 17.0 Å². The summed E-state index contributed by atoms with van der Waals surface area (Å²) in [5.74, 6) is -1.08. The number of hydrogen-bond acceptors (Lipinski definition) is 5. The first-order valence-corrected chi connectivity index (χ1v) is 14.6. The zero-order valence-corrected chi connectivity index (χ0v) is 22.2. The molecule has 0 unspecified atom stereocenters. The van der Waals surface area contributed by atoms with Crippen LogP contribution in [0.25, 0.3) is 0 Å². The molecule has 5 rings (SSSR count). The Kier molecular flexibility index (Phi) is 7.31. The minimum Gasteiger partial charge on any atom is -0.365 e. The van der Waals surface area contributed by atoms with Gasteiger partial charge in [0.2, 0.25) is 0 Å². The van der Waals surface area contributed by atoms with Crippen LogP contribution in [-0.4, -0.2) is 20.2 Å². The average molecular weight is 546 g/mol. The second-order valence-electron chi connectivity index (χ2n) is 9.09. The molecular weight excluding hydrogens is 518 g/mol. The highest BCUT2D eigenvalue weighted by atomic mass is 32.2. The van der Waals surface area contributed by atoms with Crippen molar-refractivity contribution in [2.75, 3.05) is 9.62 Å². The lowest BCUT2D eigenvalue weighted by atomic mass is 9.95. The van der Waals surface area contributed by atoms with Crippen molar-refractivity contribution in [1.29, 1.82) is 0 Å². The van der Waals surface area contributed by atoms with E-state index in [1.807, 2.05) is 36.4 Å². The third kappa shape index (κ3) is 5.20. The minimum absolute atomic E-state index is 0.00877. The number of nitrogens with one attached hydrogen (secondary N) is 1. The maximum atomic E-state index is 13.9. The van der Waals surface area contributed by atoms with Crippen LogP contribution < -0.4 is 15.4 Å². The standard InChI is InChI=1S/C29H27N3O4S2/c30-27(33)26-24-16-7-8-17-25(24)37-29(26)31-28(34)21-12-9-15-23(18-21)38(35,36)32(22-13-5-2-6-14-22)19-20-10-3-1-4-11-20/h1-6,9-15,18H,7-8,16-17,19H2,(H2,30,33)(H,31,34). The number of aryl methyl sites for hydroxylation is 1. The summed E-state index contributed by atoms with van der Waals surface area (Å²) in [6.07, 6.45) is 3.60. The first-order valence-electron chi connectivity index (χ1n) is 12.3. The van der Waals surface area contributed by atoms with Crippen LogP contribution in [0.4, 0.5) is 10.7 Å². The number of anilines is 2. The van der Waals surface area contributed by atoms with Crippen LogP contribution in [0.3, 0.4) is 0 Å². The molecule has 9 heteroatoms. The van der Waals surface area contributed by atoms with Gasteiger partial charge in [-0.05, 0) is 67.1 Å². The van der Waals surface area contributed by atoms with Gasteiger partial charge in [0, 0.05) is 10.4 Å². The highest BCUT2D eigenvalue weighted by molar-refractivity contribution is 7.92. The number of nitrogens with zero attached hydrogens (tertiary/aromatic N) is 1. The van der Waals surface area contributed by atoms with Gasteiger partial charge in [0.05, 0.1) is 22.7 Å². The van der Waals surface area contributed by atoms with E-state index in [1.165, 1.54) is 27.8 Å². The number of rotatable bonds is 8. The van der Waals surface area contributed by atoms with E-state index >= 15 is 0 Å². The predicted octanol–water partition coefficient (Wildman–Crippen LogP) is 5.37. The number of sulfonamides is 1. The molecule has 0 saturated carbocycles. The van der Waals surface area contributed by atoms with E-state index in [1.54, 1.807) is 36.4 Å². The van der Waals surface area contributed by atoms with E-state index in [0.717, 1.165) is 41.7 Å². The number of fused-ring (bicyclic) bond motifs is 1. The van der Waals surface area contributed by atoms with Gasteiger partial charge in [-0.2, -0.15) is 0 Å². The largest absolute Gasteiger partial charge is 0.365 e. The molecule has 1 heterocycles. The highest BCUT2D eigenvalue weighted by Crippen LogP contribution is 2.38. The Morgan fingerprint density at radius 1 is 0.895 bits per heavy atom. The Hall–Kier alpha value is -3.95. The summed E-state index contributed by atoms with van der Waals surface area (Å²) in [6, 6.07) is 24.1. The number of carbonyl (C=O) groups excluding carboxylic acids is 2.